The highest BCUT2D eigenvalue weighted by Gasteiger charge is 2.27. The summed E-state index contributed by atoms with van der Waals surface area (Å²) in [6.45, 7) is 11.0. The topological polar surface area (TPSA) is 36.5 Å². The lowest BCUT2D eigenvalue weighted by Gasteiger charge is -2.30. The van der Waals surface area contributed by atoms with E-state index in [0.29, 0.717) is 0 Å². The molecule has 0 unspecified atom stereocenters. The second-order valence-corrected chi connectivity index (χ2v) is 5.05. The quantitative estimate of drug-likeness (QED) is 0.387. The van der Waals surface area contributed by atoms with E-state index in [1.165, 1.54) is 32.7 Å². The molecule has 1 heterocycles. The Balaban J connectivity index is 2.26. The van der Waals surface area contributed by atoms with Crippen molar-refractivity contribution in [1.82, 2.24) is 0 Å². The Hall–Kier alpha value is -0.120. The Morgan fingerprint density at radius 1 is 1.17 bits per heavy atom. The molecule has 1 saturated heterocycles. The first kappa shape index (κ1) is 9.96. The molecule has 3 heteroatoms. The van der Waals surface area contributed by atoms with Gasteiger partial charge < -0.3 is 15.5 Å². The normalized spacial score (nSPS) is 32.0. The highest BCUT2D eigenvalue weighted by molar-refractivity contribution is 4.59. The highest BCUT2D eigenvalue weighted by atomic mass is 15.3. The summed E-state index contributed by atoms with van der Waals surface area (Å²) in [6.07, 6.45) is 0. The van der Waals surface area contributed by atoms with Crippen molar-refractivity contribution in [2.45, 2.75) is 19.4 Å². The number of piperazine rings is 1. The van der Waals surface area contributed by atoms with Crippen LogP contribution in [0.4, 0.5) is 0 Å². The fourth-order valence-corrected chi connectivity index (χ4v) is 1.88. The first-order chi connectivity index (χ1) is 5.47. The van der Waals surface area contributed by atoms with Gasteiger partial charge in [-0.25, -0.2) is 0 Å². The fourth-order valence-electron chi connectivity index (χ4n) is 1.88. The zero-order chi connectivity index (χ0) is 9.19. The van der Waals surface area contributed by atoms with E-state index in [1.807, 2.05) is 0 Å². The second kappa shape index (κ2) is 3.73. The van der Waals surface area contributed by atoms with E-state index in [9.17, 15) is 0 Å². The van der Waals surface area contributed by atoms with Crippen molar-refractivity contribution in [2.75, 3.05) is 39.8 Å². The first-order valence-corrected chi connectivity index (χ1v) is 4.97. The monoisotopic (exact) mass is 174 g/mol. The van der Waals surface area contributed by atoms with Gasteiger partial charge >= 0.3 is 0 Å². The van der Waals surface area contributed by atoms with E-state index in [4.69, 9.17) is 0 Å². The van der Waals surface area contributed by atoms with Gasteiger partial charge in [0.05, 0.1) is 7.05 Å². The van der Waals surface area contributed by atoms with Crippen LogP contribution in [0.2, 0.25) is 0 Å². The van der Waals surface area contributed by atoms with Gasteiger partial charge in [-0.2, -0.15) is 0 Å². The average molecular weight is 174 g/mol. The minimum Gasteiger partial charge on any atom is -0.349 e. The van der Waals surface area contributed by atoms with E-state index in [1.54, 1.807) is 9.80 Å². The van der Waals surface area contributed by atoms with Gasteiger partial charge in [-0.1, -0.05) is 0 Å². The molecular formula is C9H24N3+3. The smallest absolute Gasteiger partial charge is 0.138 e. The molecule has 1 rings (SSSR count). The van der Waals surface area contributed by atoms with Crippen molar-refractivity contribution in [2.24, 2.45) is 0 Å². The van der Waals surface area contributed by atoms with Gasteiger partial charge in [0.1, 0.15) is 38.3 Å². The molecule has 1 aliphatic heterocycles. The van der Waals surface area contributed by atoms with Crippen LogP contribution in [0.1, 0.15) is 13.8 Å². The molecule has 0 aromatic rings. The van der Waals surface area contributed by atoms with E-state index >= 15 is 0 Å². The number of likely N-dealkylation sites (N-methyl/N-ethyl adjacent to an activating group) is 1. The van der Waals surface area contributed by atoms with Crippen LogP contribution in [0, 0.1) is 0 Å². The molecule has 0 aromatic heterocycles. The molecule has 0 radical (unpaired) electrons. The number of quaternary nitrogens is 3. The lowest BCUT2D eigenvalue weighted by Crippen LogP contribution is -3.28. The van der Waals surface area contributed by atoms with Gasteiger partial charge in [-0.15, -0.1) is 0 Å². The molecule has 0 bridgehead atoms. The predicted molar refractivity (Wildman–Crippen MR) is 49.2 cm³/mol. The minimum absolute atomic E-state index is 0.251. The molecule has 72 valence electrons. The Morgan fingerprint density at radius 2 is 1.67 bits per heavy atom. The van der Waals surface area contributed by atoms with Gasteiger partial charge in [0, 0.05) is 0 Å². The summed E-state index contributed by atoms with van der Waals surface area (Å²) in [5, 5.41) is 0. The minimum atomic E-state index is 0.251. The van der Waals surface area contributed by atoms with Crippen LogP contribution in [-0.4, -0.2) is 45.3 Å². The standard InChI is InChI=1S/C9H21N3/c1-9(2,10)8-12-6-4-11(3)5-7-12/h4-8,10H2,1-3H3/p+3. The zero-order valence-corrected chi connectivity index (χ0v) is 8.74. The van der Waals surface area contributed by atoms with Gasteiger partial charge in [-0.05, 0) is 13.8 Å². The average Bonchev–Trinajstić information content (AvgIpc) is 1.91. The molecule has 1 fully saturated rings. The van der Waals surface area contributed by atoms with Crippen molar-refractivity contribution >= 4 is 0 Å². The first-order valence-electron chi connectivity index (χ1n) is 4.97. The number of hydrogen-bond donors (Lipinski definition) is 3. The lowest BCUT2D eigenvalue weighted by molar-refractivity contribution is -1.01. The maximum atomic E-state index is 4.16. The largest absolute Gasteiger partial charge is 0.349 e. The maximum absolute atomic E-state index is 4.16. The van der Waals surface area contributed by atoms with Crippen molar-refractivity contribution in [1.29, 1.82) is 0 Å². The molecule has 12 heavy (non-hydrogen) atoms. The molecule has 0 amide bonds. The molecule has 0 aliphatic carbocycles. The van der Waals surface area contributed by atoms with Gasteiger partial charge in [0.15, 0.2) is 0 Å². The van der Waals surface area contributed by atoms with Crippen LogP contribution in [0.15, 0.2) is 0 Å². The van der Waals surface area contributed by atoms with Crippen LogP contribution in [0.5, 0.6) is 0 Å². The maximum Gasteiger partial charge on any atom is 0.138 e. The SMILES string of the molecule is C[NH+]1CC[NH+](CC(C)(C)[NH3+])CC1. The Morgan fingerprint density at radius 3 is 2.08 bits per heavy atom. The van der Waals surface area contributed by atoms with E-state index in [0.717, 1.165) is 0 Å². The summed E-state index contributed by atoms with van der Waals surface area (Å²) in [4.78, 5) is 3.42. The zero-order valence-electron chi connectivity index (χ0n) is 8.74. The summed E-state index contributed by atoms with van der Waals surface area (Å²) in [5.41, 5.74) is 4.41. The third-order valence-corrected chi connectivity index (χ3v) is 2.54. The van der Waals surface area contributed by atoms with Crippen LogP contribution in [0.3, 0.4) is 0 Å². The molecule has 1 aliphatic rings. The molecule has 0 aromatic carbocycles. The van der Waals surface area contributed by atoms with Crippen molar-refractivity contribution in [3.05, 3.63) is 0 Å². The molecule has 0 spiro atoms. The van der Waals surface area contributed by atoms with Gasteiger partial charge in [0.2, 0.25) is 0 Å². The Kier molecular flexibility index (Phi) is 3.09. The van der Waals surface area contributed by atoms with Gasteiger partial charge in [0.25, 0.3) is 0 Å². The summed E-state index contributed by atoms with van der Waals surface area (Å²) in [5.74, 6) is 0. The summed E-state index contributed by atoms with van der Waals surface area (Å²) >= 11 is 0. The van der Waals surface area contributed by atoms with Crippen LogP contribution < -0.4 is 15.5 Å². The Bertz CT molecular complexity index is 131. The van der Waals surface area contributed by atoms with E-state index in [2.05, 4.69) is 26.6 Å². The van der Waals surface area contributed by atoms with Crippen LogP contribution in [-0.2, 0) is 0 Å². The molecule has 5 N–H and O–H groups in total. The summed E-state index contributed by atoms with van der Waals surface area (Å²) < 4.78 is 0. The summed E-state index contributed by atoms with van der Waals surface area (Å²) in [6, 6.07) is 0. The second-order valence-electron chi connectivity index (χ2n) is 5.05. The van der Waals surface area contributed by atoms with Crippen LogP contribution in [0.25, 0.3) is 0 Å². The van der Waals surface area contributed by atoms with Crippen molar-refractivity contribution < 1.29 is 15.5 Å². The van der Waals surface area contributed by atoms with E-state index in [-0.39, 0.29) is 5.54 Å². The molecular weight excluding hydrogens is 150 g/mol. The highest BCUT2D eigenvalue weighted by Crippen LogP contribution is 1.85. The fraction of sp³-hybridized carbons (Fsp3) is 1.00. The lowest BCUT2D eigenvalue weighted by atomic mass is 10.1. The summed E-state index contributed by atoms with van der Waals surface area (Å²) in [7, 11) is 2.28. The number of rotatable bonds is 2. The van der Waals surface area contributed by atoms with E-state index < -0.39 is 0 Å². The third-order valence-electron chi connectivity index (χ3n) is 2.54. The molecule has 0 atom stereocenters. The van der Waals surface area contributed by atoms with Crippen molar-refractivity contribution in [3.8, 4) is 0 Å². The Labute approximate surface area is 75.5 Å². The third kappa shape index (κ3) is 3.52. The predicted octanol–water partition coefficient (Wildman–Crippen LogP) is -3.58. The van der Waals surface area contributed by atoms with Crippen molar-refractivity contribution in [3.63, 3.8) is 0 Å². The van der Waals surface area contributed by atoms with Gasteiger partial charge in [-0.3, -0.25) is 0 Å². The number of hydrogen-bond acceptors (Lipinski definition) is 0. The molecule has 0 saturated carbocycles. The number of nitrogens with one attached hydrogen (secondary N) is 2. The van der Waals surface area contributed by atoms with Crippen LogP contribution >= 0.6 is 0 Å². The molecule has 3 nitrogen and oxygen atoms in total.